The molecular weight excluding hydrogens is 134 g/mol. The number of rotatable bonds is 3. The predicted molar refractivity (Wildman–Crippen MR) is 36.4 cm³/mol. The van der Waals surface area contributed by atoms with Gasteiger partial charge in [-0.2, -0.15) is 0 Å². The standard InChI is InChI=1S/C6H13NO3/c1-4(6(10)3-8)7-5(2)9/h4,6,8,10H,3H2,1-2H3,(H,7,9). The van der Waals surface area contributed by atoms with Crippen molar-refractivity contribution in [2.45, 2.75) is 26.0 Å². The summed E-state index contributed by atoms with van der Waals surface area (Å²) in [6.45, 7) is 2.66. The molecule has 0 radical (unpaired) electrons. The minimum absolute atomic E-state index is 0.208. The van der Waals surface area contributed by atoms with E-state index in [4.69, 9.17) is 10.2 Å². The molecule has 0 saturated heterocycles. The zero-order chi connectivity index (χ0) is 8.15. The molecule has 0 aromatic heterocycles. The van der Waals surface area contributed by atoms with Gasteiger partial charge in [0.15, 0.2) is 0 Å². The minimum Gasteiger partial charge on any atom is -0.394 e. The van der Waals surface area contributed by atoms with Crippen molar-refractivity contribution in [3.8, 4) is 0 Å². The summed E-state index contributed by atoms with van der Waals surface area (Å²) < 4.78 is 0. The van der Waals surface area contributed by atoms with Crippen molar-refractivity contribution in [1.29, 1.82) is 0 Å². The fourth-order valence-electron chi connectivity index (χ4n) is 0.575. The van der Waals surface area contributed by atoms with Crippen LogP contribution in [0.3, 0.4) is 0 Å². The van der Waals surface area contributed by atoms with Crippen molar-refractivity contribution in [2.24, 2.45) is 0 Å². The smallest absolute Gasteiger partial charge is 0.217 e. The molecule has 0 heterocycles. The van der Waals surface area contributed by atoms with E-state index in [1.54, 1.807) is 6.92 Å². The lowest BCUT2D eigenvalue weighted by Crippen LogP contribution is -2.41. The highest BCUT2D eigenvalue weighted by molar-refractivity contribution is 5.73. The van der Waals surface area contributed by atoms with Crippen molar-refractivity contribution >= 4 is 5.91 Å². The normalized spacial score (nSPS) is 16.0. The van der Waals surface area contributed by atoms with Gasteiger partial charge in [-0.25, -0.2) is 0 Å². The van der Waals surface area contributed by atoms with E-state index in [2.05, 4.69) is 5.32 Å². The Bertz CT molecular complexity index is 116. The van der Waals surface area contributed by atoms with Crippen LogP contribution in [0.15, 0.2) is 0 Å². The van der Waals surface area contributed by atoms with Gasteiger partial charge >= 0.3 is 0 Å². The number of aliphatic hydroxyl groups is 2. The molecule has 0 bridgehead atoms. The molecule has 0 aromatic rings. The van der Waals surface area contributed by atoms with Crippen LogP contribution in [-0.2, 0) is 4.79 Å². The Kier molecular flexibility index (Phi) is 3.99. The van der Waals surface area contributed by atoms with E-state index < -0.39 is 6.10 Å². The molecule has 0 aliphatic heterocycles. The minimum atomic E-state index is -0.871. The van der Waals surface area contributed by atoms with E-state index in [1.807, 2.05) is 0 Å². The summed E-state index contributed by atoms with van der Waals surface area (Å²) in [6.07, 6.45) is -0.871. The van der Waals surface area contributed by atoms with Crippen molar-refractivity contribution in [3.63, 3.8) is 0 Å². The zero-order valence-corrected chi connectivity index (χ0v) is 6.16. The SMILES string of the molecule is CC(=O)NC(C)C(O)CO. The molecule has 10 heavy (non-hydrogen) atoms. The molecular formula is C6H13NO3. The Morgan fingerprint density at radius 2 is 2.20 bits per heavy atom. The quantitative estimate of drug-likeness (QED) is 0.473. The van der Waals surface area contributed by atoms with Gasteiger partial charge in [0, 0.05) is 6.92 Å². The highest BCUT2D eigenvalue weighted by Crippen LogP contribution is 1.89. The fraction of sp³-hybridized carbons (Fsp3) is 0.833. The van der Waals surface area contributed by atoms with Crippen molar-refractivity contribution in [3.05, 3.63) is 0 Å². The number of carbonyl (C=O) groups is 1. The number of aliphatic hydroxyl groups excluding tert-OH is 2. The second-order valence-corrected chi connectivity index (χ2v) is 2.24. The molecule has 60 valence electrons. The first-order valence-electron chi connectivity index (χ1n) is 3.14. The van der Waals surface area contributed by atoms with Crippen LogP contribution in [0.5, 0.6) is 0 Å². The predicted octanol–water partition coefficient (Wildman–Crippen LogP) is -1.14. The molecule has 0 fully saturated rings. The topological polar surface area (TPSA) is 69.6 Å². The Balaban J connectivity index is 3.61. The lowest BCUT2D eigenvalue weighted by atomic mass is 10.2. The number of nitrogens with one attached hydrogen (secondary N) is 1. The van der Waals surface area contributed by atoms with Gasteiger partial charge in [0.1, 0.15) is 0 Å². The third kappa shape index (κ3) is 3.42. The molecule has 0 aliphatic rings. The van der Waals surface area contributed by atoms with Crippen LogP contribution in [-0.4, -0.2) is 34.9 Å². The largest absolute Gasteiger partial charge is 0.394 e. The van der Waals surface area contributed by atoms with E-state index in [0.717, 1.165) is 0 Å². The van der Waals surface area contributed by atoms with Crippen LogP contribution >= 0.6 is 0 Å². The summed E-state index contributed by atoms with van der Waals surface area (Å²) in [6, 6.07) is -0.387. The van der Waals surface area contributed by atoms with E-state index in [0.29, 0.717) is 0 Å². The molecule has 0 saturated carbocycles. The van der Waals surface area contributed by atoms with Gasteiger partial charge in [-0.1, -0.05) is 0 Å². The summed E-state index contributed by atoms with van der Waals surface area (Å²) in [5.74, 6) is -0.208. The summed E-state index contributed by atoms with van der Waals surface area (Å²) >= 11 is 0. The molecule has 2 atom stereocenters. The van der Waals surface area contributed by atoms with Gasteiger partial charge in [0.2, 0.25) is 5.91 Å². The first kappa shape index (κ1) is 9.39. The Labute approximate surface area is 59.9 Å². The molecule has 4 nitrogen and oxygen atoms in total. The molecule has 0 spiro atoms. The molecule has 1 amide bonds. The summed E-state index contributed by atoms with van der Waals surface area (Å²) in [4.78, 5) is 10.4. The molecule has 4 heteroatoms. The third-order valence-electron chi connectivity index (χ3n) is 1.20. The van der Waals surface area contributed by atoms with Gasteiger partial charge in [0.25, 0.3) is 0 Å². The van der Waals surface area contributed by atoms with Crippen molar-refractivity contribution in [1.82, 2.24) is 5.32 Å². The maximum Gasteiger partial charge on any atom is 0.217 e. The van der Waals surface area contributed by atoms with Crippen LogP contribution in [0.4, 0.5) is 0 Å². The van der Waals surface area contributed by atoms with Gasteiger partial charge in [-0.15, -0.1) is 0 Å². The molecule has 3 N–H and O–H groups in total. The Morgan fingerprint density at radius 1 is 1.70 bits per heavy atom. The van der Waals surface area contributed by atoms with E-state index in [1.165, 1.54) is 6.92 Å². The van der Waals surface area contributed by atoms with Crippen molar-refractivity contribution in [2.75, 3.05) is 6.61 Å². The van der Waals surface area contributed by atoms with Crippen LogP contribution in [0.25, 0.3) is 0 Å². The number of hydrogen-bond acceptors (Lipinski definition) is 3. The van der Waals surface area contributed by atoms with Crippen LogP contribution in [0, 0.1) is 0 Å². The highest BCUT2D eigenvalue weighted by Gasteiger charge is 2.12. The van der Waals surface area contributed by atoms with Crippen molar-refractivity contribution < 1.29 is 15.0 Å². The number of hydrogen-bond donors (Lipinski definition) is 3. The molecule has 2 unspecified atom stereocenters. The maximum absolute atomic E-state index is 10.4. The first-order chi connectivity index (χ1) is 4.57. The van der Waals surface area contributed by atoms with Crippen LogP contribution in [0.1, 0.15) is 13.8 Å². The zero-order valence-electron chi connectivity index (χ0n) is 6.16. The Morgan fingerprint density at radius 3 is 2.50 bits per heavy atom. The van der Waals surface area contributed by atoms with Gasteiger partial charge in [-0.05, 0) is 6.92 Å². The summed E-state index contributed by atoms with van der Waals surface area (Å²) in [5, 5.41) is 19.8. The monoisotopic (exact) mass is 147 g/mol. The van der Waals surface area contributed by atoms with Gasteiger partial charge in [-0.3, -0.25) is 4.79 Å². The molecule has 0 rings (SSSR count). The number of carbonyl (C=O) groups excluding carboxylic acids is 1. The molecule has 0 aromatic carbocycles. The lowest BCUT2D eigenvalue weighted by Gasteiger charge is -2.16. The van der Waals surface area contributed by atoms with E-state index >= 15 is 0 Å². The average molecular weight is 147 g/mol. The fourth-order valence-corrected chi connectivity index (χ4v) is 0.575. The average Bonchev–Trinajstić information content (AvgIpc) is 1.85. The second kappa shape index (κ2) is 4.24. The van der Waals surface area contributed by atoms with E-state index in [-0.39, 0.29) is 18.6 Å². The molecule has 0 aliphatic carbocycles. The first-order valence-corrected chi connectivity index (χ1v) is 3.14. The van der Waals surface area contributed by atoms with Gasteiger partial charge < -0.3 is 15.5 Å². The number of amides is 1. The highest BCUT2D eigenvalue weighted by atomic mass is 16.3. The lowest BCUT2D eigenvalue weighted by molar-refractivity contribution is -0.120. The van der Waals surface area contributed by atoms with Crippen LogP contribution in [0.2, 0.25) is 0 Å². The Hall–Kier alpha value is -0.610. The summed E-state index contributed by atoms with van der Waals surface area (Å²) in [5.41, 5.74) is 0. The van der Waals surface area contributed by atoms with Crippen LogP contribution < -0.4 is 5.32 Å². The van der Waals surface area contributed by atoms with E-state index in [9.17, 15) is 4.79 Å². The maximum atomic E-state index is 10.4. The summed E-state index contributed by atoms with van der Waals surface area (Å²) in [7, 11) is 0. The second-order valence-electron chi connectivity index (χ2n) is 2.24. The third-order valence-corrected chi connectivity index (χ3v) is 1.20. The van der Waals surface area contributed by atoms with Gasteiger partial charge in [0.05, 0.1) is 18.8 Å².